The predicted molar refractivity (Wildman–Crippen MR) is 142 cm³/mol. The number of nitrogens with zero attached hydrogens (tertiary/aromatic N) is 2. The van der Waals surface area contributed by atoms with Crippen molar-refractivity contribution in [1.29, 1.82) is 0 Å². The van der Waals surface area contributed by atoms with Crippen molar-refractivity contribution in [3.63, 3.8) is 0 Å². The van der Waals surface area contributed by atoms with Gasteiger partial charge in [0.1, 0.15) is 11.5 Å². The van der Waals surface area contributed by atoms with Crippen LogP contribution in [0.4, 0.5) is 5.69 Å². The van der Waals surface area contributed by atoms with Gasteiger partial charge < -0.3 is 18.9 Å². The summed E-state index contributed by atoms with van der Waals surface area (Å²) in [6.45, 7) is 2.31. The smallest absolute Gasteiger partial charge is 0.264 e. The molecule has 0 radical (unpaired) electrons. The number of methoxy groups -OCH3 is 2. The number of ether oxygens (including phenoxy) is 4. The van der Waals surface area contributed by atoms with E-state index >= 15 is 0 Å². The molecule has 0 atom stereocenters. The molecule has 0 aliphatic carbocycles. The van der Waals surface area contributed by atoms with Gasteiger partial charge >= 0.3 is 0 Å². The van der Waals surface area contributed by atoms with Crippen LogP contribution in [0.2, 0.25) is 5.02 Å². The molecule has 0 saturated carbocycles. The van der Waals surface area contributed by atoms with Crippen molar-refractivity contribution in [3.8, 4) is 23.0 Å². The first-order valence-corrected chi connectivity index (χ1v) is 13.8. The van der Waals surface area contributed by atoms with Crippen molar-refractivity contribution in [2.75, 3.05) is 38.4 Å². The van der Waals surface area contributed by atoms with E-state index in [9.17, 15) is 8.42 Å². The highest BCUT2D eigenvalue weighted by atomic mass is 35.5. The number of rotatable bonds is 8. The fourth-order valence-corrected chi connectivity index (χ4v) is 6.64. The van der Waals surface area contributed by atoms with E-state index in [-0.39, 0.29) is 17.7 Å². The largest absolute Gasteiger partial charge is 0.497 e. The van der Waals surface area contributed by atoms with E-state index in [2.05, 4.69) is 4.90 Å². The summed E-state index contributed by atoms with van der Waals surface area (Å²) < 4.78 is 51.2. The lowest BCUT2D eigenvalue weighted by Gasteiger charge is -2.39. The van der Waals surface area contributed by atoms with E-state index in [1.807, 2.05) is 18.2 Å². The van der Waals surface area contributed by atoms with Crippen LogP contribution in [-0.4, -0.2) is 53.5 Å². The van der Waals surface area contributed by atoms with Crippen LogP contribution < -0.4 is 23.3 Å². The van der Waals surface area contributed by atoms with Crippen molar-refractivity contribution in [1.82, 2.24) is 4.90 Å². The van der Waals surface area contributed by atoms with Crippen LogP contribution in [0.1, 0.15) is 18.4 Å². The lowest BCUT2D eigenvalue weighted by Crippen LogP contribution is -2.47. The molecule has 0 aromatic heterocycles. The highest BCUT2D eigenvalue weighted by Crippen LogP contribution is 2.39. The van der Waals surface area contributed by atoms with E-state index < -0.39 is 10.0 Å². The van der Waals surface area contributed by atoms with E-state index in [4.69, 9.17) is 30.5 Å². The number of sulfonamides is 1. The standard InChI is InChI=1S/C27H29ClN2O6S/c1-33-23-13-19(14-24(16-23)34-2)17-29-11-9-21(10-12-29)30(22-5-8-26-27(15-22)36-18-35-26)37(31,32)25-6-3-20(28)4-7-25/h3-8,13-16,21H,9-12,17-18H2,1-2H3. The number of hydrogen-bond donors (Lipinski definition) is 0. The Labute approximate surface area is 222 Å². The number of likely N-dealkylation sites (tertiary alicyclic amines) is 1. The second-order valence-electron chi connectivity index (χ2n) is 9.02. The number of fused-ring (bicyclic) bond motifs is 1. The molecule has 10 heteroatoms. The molecule has 196 valence electrons. The number of benzene rings is 3. The second-order valence-corrected chi connectivity index (χ2v) is 11.3. The fourth-order valence-electron chi connectivity index (χ4n) is 4.82. The van der Waals surface area contributed by atoms with Gasteiger partial charge in [0.2, 0.25) is 6.79 Å². The molecule has 0 unspecified atom stereocenters. The number of halogens is 1. The lowest BCUT2D eigenvalue weighted by molar-refractivity contribution is 0.174. The second kappa shape index (κ2) is 10.7. The molecular weight excluding hydrogens is 516 g/mol. The maximum absolute atomic E-state index is 13.9. The maximum Gasteiger partial charge on any atom is 0.264 e. The van der Waals surface area contributed by atoms with E-state index in [0.29, 0.717) is 41.6 Å². The minimum absolute atomic E-state index is 0.121. The van der Waals surface area contributed by atoms with Gasteiger partial charge in [-0.2, -0.15) is 0 Å². The molecule has 2 aliphatic rings. The molecule has 0 spiro atoms. The van der Waals surface area contributed by atoms with Gasteiger partial charge in [-0.15, -0.1) is 0 Å². The molecule has 0 amide bonds. The lowest BCUT2D eigenvalue weighted by atomic mass is 10.0. The molecule has 2 aliphatic heterocycles. The van der Waals surface area contributed by atoms with Crippen LogP contribution in [0.5, 0.6) is 23.0 Å². The zero-order valence-electron chi connectivity index (χ0n) is 20.7. The van der Waals surface area contributed by atoms with E-state index in [0.717, 1.165) is 30.2 Å². The average Bonchev–Trinajstić information content (AvgIpc) is 3.38. The Bertz CT molecular complexity index is 1340. The first-order chi connectivity index (χ1) is 17.9. The highest BCUT2D eigenvalue weighted by Gasteiger charge is 2.35. The summed E-state index contributed by atoms with van der Waals surface area (Å²) in [6, 6.07) is 17.2. The van der Waals surface area contributed by atoms with Crippen molar-refractivity contribution in [3.05, 3.63) is 71.2 Å². The molecule has 3 aromatic carbocycles. The Kier molecular flexibility index (Phi) is 7.37. The van der Waals surface area contributed by atoms with Gasteiger partial charge in [-0.3, -0.25) is 9.21 Å². The molecule has 37 heavy (non-hydrogen) atoms. The quantitative estimate of drug-likeness (QED) is 0.397. The molecule has 1 saturated heterocycles. The third-order valence-corrected chi connectivity index (χ3v) is 8.83. The van der Waals surface area contributed by atoms with Crippen molar-refractivity contribution in [2.24, 2.45) is 0 Å². The van der Waals surface area contributed by atoms with Crippen LogP contribution in [0.15, 0.2) is 65.6 Å². The normalized spacial score (nSPS) is 16.0. The van der Waals surface area contributed by atoms with Crippen LogP contribution in [-0.2, 0) is 16.6 Å². The number of anilines is 1. The van der Waals surface area contributed by atoms with Gasteiger partial charge in [0.05, 0.1) is 24.8 Å². The summed E-state index contributed by atoms with van der Waals surface area (Å²) in [5.74, 6) is 2.63. The maximum atomic E-state index is 13.9. The van der Waals surface area contributed by atoms with Crippen molar-refractivity contribution >= 4 is 27.3 Å². The number of piperidine rings is 1. The zero-order chi connectivity index (χ0) is 26.0. The number of hydrogen-bond acceptors (Lipinski definition) is 7. The molecule has 5 rings (SSSR count). The monoisotopic (exact) mass is 544 g/mol. The average molecular weight is 545 g/mol. The van der Waals surface area contributed by atoms with E-state index in [1.165, 1.54) is 4.31 Å². The molecule has 8 nitrogen and oxygen atoms in total. The first kappa shape index (κ1) is 25.5. The zero-order valence-corrected chi connectivity index (χ0v) is 22.3. The van der Waals surface area contributed by atoms with Gasteiger partial charge in [-0.05, 0) is 66.9 Å². The highest BCUT2D eigenvalue weighted by molar-refractivity contribution is 7.92. The van der Waals surface area contributed by atoms with Gasteiger partial charge in [-0.25, -0.2) is 8.42 Å². The minimum atomic E-state index is -3.86. The van der Waals surface area contributed by atoms with Crippen molar-refractivity contribution < 1.29 is 27.4 Å². The molecule has 3 aromatic rings. The van der Waals surface area contributed by atoms with Gasteiger partial charge in [0.25, 0.3) is 10.0 Å². The fraction of sp³-hybridized carbons (Fsp3) is 0.333. The third-order valence-electron chi connectivity index (χ3n) is 6.69. The van der Waals surface area contributed by atoms with Gasteiger partial charge in [0, 0.05) is 42.8 Å². The molecule has 1 fully saturated rings. The van der Waals surface area contributed by atoms with Crippen LogP contribution in [0.3, 0.4) is 0 Å². The van der Waals surface area contributed by atoms with Crippen LogP contribution >= 0.6 is 11.6 Å². The molecule has 2 heterocycles. The predicted octanol–water partition coefficient (Wildman–Crippen LogP) is 4.95. The summed E-state index contributed by atoms with van der Waals surface area (Å²) in [7, 11) is -0.586. The Morgan fingerprint density at radius 2 is 1.57 bits per heavy atom. The summed E-state index contributed by atoms with van der Waals surface area (Å²) >= 11 is 6.03. The molecule has 0 bridgehead atoms. The SMILES string of the molecule is COc1cc(CN2CCC(N(c3ccc4c(c3)OCO4)S(=O)(=O)c3ccc(Cl)cc3)CC2)cc(OC)c1. The van der Waals surface area contributed by atoms with Crippen LogP contribution in [0.25, 0.3) is 0 Å². The minimum Gasteiger partial charge on any atom is -0.497 e. The van der Waals surface area contributed by atoms with Gasteiger partial charge in [0.15, 0.2) is 11.5 Å². The summed E-state index contributed by atoms with van der Waals surface area (Å²) in [5, 5.41) is 0.482. The summed E-state index contributed by atoms with van der Waals surface area (Å²) in [4.78, 5) is 2.51. The van der Waals surface area contributed by atoms with Crippen molar-refractivity contribution in [2.45, 2.75) is 30.3 Å². The molecule has 0 N–H and O–H groups in total. The Balaban J connectivity index is 1.39. The summed E-state index contributed by atoms with van der Waals surface area (Å²) in [5.41, 5.74) is 1.63. The topological polar surface area (TPSA) is 77.5 Å². The Morgan fingerprint density at radius 3 is 2.22 bits per heavy atom. The molecular formula is C27H29ClN2O6S. The first-order valence-electron chi connectivity index (χ1n) is 12.0. The third kappa shape index (κ3) is 5.44. The Morgan fingerprint density at radius 1 is 0.919 bits per heavy atom. The van der Waals surface area contributed by atoms with E-state index in [1.54, 1.807) is 56.7 Å². The Hall–Kier alpha value is -3.14. The van der Waals surface area contributed by atoms with Gasteiger partial charge in [-0.1, -0.05) is 11.6 Å². The van der Waals surface area contributed by atoms with Crippen LogP contribution in [0, 0.1) is 0 Å². The summed E-state index contributed by atoms with van der Waals surface area (Å²) in [6.07, 6.45) is 1.34.